The van der Waals surface area contributed by atoms with Crippen LogP contribution in [0, 0.1) is 20.8 Å². The van der Waals surface area contributed by atoms with Gasteiger partial charge in [-0.15, -0.1) is 0 Å². The van der Waals surface area contributed by atoms with Gasteiger partial charge in [0.2, 0.25) is 5.91 Å². The highest BCUT2D eigenvalue weighted by Crippen LogP contribution is 2.36. The first-order valence-electron chi connectivity index (χ1n) is 10.6. The zero-order valence-electron chi connectivity index (χ0n) is 18.5. The van der Waals surface area contributed by atoms with E-state index in [0.717, 1.165) is 27.9 Å². The molecule has 3 aromatic carbocycles. The van der Waals surface area contributed by atoms with Crippen molar-refractivity contribution in [1.29, 1.82) is 0 Å². The summed E-state index contributed by atoms with van der Waals surface area (Å²) in [6.07, 6.45) is 0.460. The number of carbonyl (C=O) groups is 2. The maximum absolute atomic E-state index is 13.6. The molecule has 1 atom stereocenters. The van der Waals surface area contributed by atoms with E-state index in [-0.39, 0.29) is 11.8 Å². The van der Waals surface area contributed by atoms with Gasteiger partial charge in [-0.3, -0.25) is 14.5 Å². The number of amides is 2. The van der Waals surface area contributed by atoms with E-state index in [9.17, 15) is 9.59 Å². The Morgan fingerprint density at radius 1 is 0.935 bits per heavy atom. The van der Waals surface area contributed by atoms with Crippen molar-refractivity contribution in [2.45, 2.75) is 46.2 Å². The summed E-state index contributed by atoms with van der Waals surface area (Å²) in [6.45, 7) is 8.34. The highest BCUT2D eigenvalue weighted by atomic mass is 16.2. The van der Waals surface area contributed by atoms with Crippen LogP contribution in [-0.4, -0.2) is 17.4 Å². The van der Waals surface area contributed by atoms with Crippen LogP contribution in [0.25, 0.3) is 0 Å². The van der Waals surface area contributed by atoms with Crippen molar-refractivity contribution in [3.05, 3.63) is 100 Å². The summed E-state index contributed by atoms with van der Waals surface area (Å²) in [4.78, 5) is 28.9. The molecule has 4 rings (SSSR count). The number of hydrogen-bond donors (Lipinski definition) is 1. The largest absolute Gasteiger partial charge is 0.350 e. The first kappa shape index (κ1) is 20.9. The van der Waals surface area contributed by atoms with Gasteiger partial charge >= 0.3 is 0 Å². The van der Waals surface area contributed by atoms with Gasteiger partial charge in [0.05, 0.1) is 0 Å². The zero-order valence-corrected chi connectivity index (χ0v) is 18.5. The number of aryl methyl sites for hydroxylation is 3. The summed E-state index contributed by atoms with van der Waals surface area (Å²) < 4.78 is 0. The number of anilines is 1. The van der Waals surface area contributed by atoms with E-state index in [1.54, 1.807) is 4.90 Å². The number of carbonyl (C=O) groups excluding carboxylic acids is 2. The van der Waals surface area contributed by atoms with E-state index in [2.05, 4.69) is 11.4 Å². The first-order chi connectivity index (χ1) is 14.8. The highest BCUT2D eigenvalue weighted by Gasteiger charge is 2.47. The van der Waals surface area contributed by atoms with Crippen LogP contribution in [0.5, 0.6) is 0 Å². The first-order valence-corrected chi connectivity index (χ1v) is 10.6. The normalized spacial score (nSPS) is 17.9. The monoisotopic (exact) mass is 412 g/mol. The molecule has 0 saturated heterocycles. The van der Waals surface area contributed by atoms with Crippen molar-refractivity contribution < 1.29 is 9.59 Å². The molecule has 0 bridgehead atoms. The lowest BCUT2D eigenvalue weighted by Gasteiger charge is -2.44. The van der Waals surface area contributed by atoms with Gasteiger partial charge in [0.25, 0.3) is 5.91 Å². The molecule has 0 fully saturated rings. The average molecular weight is 413 g/mol. The fourth-order valence-corrected chi connectivity index (χ4v) is 4.42. The molecule has 0 unspecified atom stereocenters. The van der Waals surface area contributed by atoms with Crippen LogP contribution >= 0.6 is 0 Å². The van der Waals surface area contributed by atoms with Crippen molar-refractivity contribution in [2.75, 3.05) is 4.90 Å². The minimum Gasteiger partial charge on any atom is -0.350 e. The van der Waals surface area contributed by atoms with E-state index >= 15 is 0 Å². The molecule has 158 valence electrons. The molecule has 0 aromatic heterocycles. The molecule has 0 saturated carbocycles. The molecule has 1 N–H and O–H groups in total. The van der Waals surface area contributed by atoms with Crippen LogP contribution in [0.15, 0.2) is 66.7 Å². The van der Waals surface area contributed by atoms with Gasteiger partial charge in [-0.05, 0) is 68.1 Å². The van der Waals surface area contributed by atoms with Gasteiger partial charge in [0.1, 0.15) is 5.54 Å². The number of hydrogen-bond acceptors (Lipinski definition) is 2. The molecule has 1 aliphatic heterocycles. The summed E-state index contributed by atoms with van der Waals surface area (Å²) in [6, 6.07) is 21.7. The summed E-state index contributed by atoms with van der Waals surface area (Å²) in [5.41, 5.74) is 5.61. The van der Waals surface area contributed by atoms with E-state index in [1.807, 2.05) is 88.4 Å². The van der Waals surface area contributed by atoms with Gasteiger partial charge in [0.15, 0.2) is 0 Å². The fraction of sp³-hybridized carbons (Fsp3) is 0.259. The Labute approximate surface area is 183 Å². The molecule has 1 heterocycles. The number of rotatable bonds is 4. The number of nitrogens with zero attached hydrogens (tertiary/aromatic N) is 1. The zero-order chi connectivity index (χ0) is 22.2. The Hall–Kier alpha value is -3.40. The Kier molecular flexibility index (Phi) is 5.40. The number of fused-ring (bicyclic) bond motifs is 1. The van der Waals surface area contributed by atoms with Crippen LogP contribution in [0.2, 0.25) is 0 Å². The maximum atomic E-state index is 13.6. The molecule has 4 heteroatoms. The second kappa shape index (κ2) is 8.03. The third kappa shape index (κ3) is 3.98. The Balaban J connectivity index is 1.73. The standard InChI is InChI=1S/C27H28N2O2/c1-18-9-11-21(12-10-18)17-28-26(31)27(4)16-22-7-5-6-8-24(22)25(30)29(27)23-14-19(2)13-20(3)15-23/h5-15H,16-17H2,1-4H3,(H,28,31)/t27-/m1/s1. The highest BCUT2D eigenvalue weighted by molar-refractivity contribution is 6.14. The van der Waals surface area contributed by atoms with Crippen molar-refractivity contribution in [3.8, 4) is 0 Å². The number of benzene rings is 3. The Morgan fingerprint density at radius 3 is 2.26 bits per heavy atom. The van der Waals surface area contributed by atoms with Gasteiger partial charge in [-0.1, -0.05) is 54.1 Å². The van der Waals surface area contributed by atoms with Crippen LogP contribution < -0.4 is 10.2 Å². The molecule has 31 heavy (non-hydrogen) atoms. The van der Waals surface area contributed by atoms with Crippen molar-refractivity contribution in [3.63, 3.8) is 0 Å². The van der Waals surface area contributed by atoms with E-state index in [1.165, 1.54) is 5.56 Å². The van der Waals surface area contributed by atoms with Crippen molar-refractivity contribution in [2.24, 2.45) is 0 Å². The maximum Gasteiger partial charge on any atom is 0.259 e. The molecular formula is C27H28N2O2. The molecule has 0 spiro atoms. The van der Waals surface area contributed by atoms with Gasteiger partial charge in [0, 0.05) is 24.2 Å². The third-order valence-corrected chi connectivity index (χ3v) is 6.01. The lowest BCUT2D eigenvalue weighted by molar-refractivity contribution is -0.126. The van der Waals surface area contributed by atoms with Gasteiger partial charge < -0.3 is 5.32 Å². The molecule has 0 radical (unpaired) electrons. The van der Waals surface area contributed by atoms with E-state index < -0.39 is 5.54 Å². The molecule has 0 aliphatic carbocycles. The SMILES string of the molecule is Cc1ccc(CNC(=O)[C@@]2(C)Cc3ccccc3C(=O)N2c2cc(C)cc(C)c2)cc1. The average Bonchev–Trinajstić information content (AvgIpc) is 2.72. The van der Waals surface area contributed by atoms with Crippen LogP contribution in [0.3, 0.4) is 0 Å². The molecule has 2 amide bonds. The summed E-state index contributed by atoms with van der Waals surface area (Å²) in [5, 5.41) is 3.08. The minimum absolute atomic E-state index is 0.139. The summed E-state index contributed by atoms with van der Waals surface area (Å²) >= 11 is 0. The van der Waals surface area contributed by atoms with E-state index in [0.29, 0.717) is 18.5 Å². The minimum atomic E-state index is -1.03. The van der Waals surface area contributed by atoms with Gasteiger partial charge in [-0.2, -0.15) is 0 Å². The van der Waals surface area contributed by atoms with Crippen molar-refractivity contribution in [1.82, 2.24) is 5.32 Å². The second-order valence-electron chi connectivity index (χ2n) is 8.76. The third-order valence-electron chi connectivity index (χ3n) is 6.01. The van der Waals surface area contributed by atoms with Crippen LogP contribution in [-0.2, 0) is 17.8 Å². The lowest BCUT2D eigenvalue weighted by atomic mass is 9.82. The topological polar surface area (TPSA) is 49.4 Å². The molecule has 3 aromatic rings. The van der Waals surface area contributed by atoms with E-state index in [4.69, 9.17) is 0 Å². The summed E-state index contributed by atoms with van der Waals surface area (Å²) in [5.74, 6) is -0.296. The molecular weight excluding hydrogens is 384 g/mol. The quantitative estimate of drug-likeness (QED) is 0.663. The molecule has 4 nitrogen and oxygen atoms in total. The number of nitrogens with one attached hydrogen (secondary N) is 1. The lowest BCUT2D eigenvalue weighted by Crippen LogP contribution is -2.63. The van der Waals surface area contributed by atoms with Crippen LogP contribution in [0.1, 0.15) is 45.1 Å². The summed E-state index contributed by atoms with van der Waals surface area (Å²) in [7, 11) is 0. The second-order valence-corrected chi connectivity index (χ2v) is 8.76. The fourth-order valence-electron chi connectivity index (χ4n) is 4.42. The predicted octanol–water partition coefficient (Wildman–Crippen LogP) is 4.89. The van der Waals surface area contributed by atoms with Gasteiger partial charge in [-0.25, -0.2) is 0 Å². The van der Waals surface area contributed by atoms with Crippen LogP contribution in [0.4, 0.5) is 5.69 Å². The predicted molar refractivity (Wildman–Crippen MR) is 124 cm³/mol. The Bertz CT molecular complexity index is 1130. The smallest absolute Gasteiger partial charge is 0.259 e. The Morgan fingerprint density at radius 2 is 1.58 bits per heavy atom. The molecule has 1 aliphatic rings. The van der Waals surface area contributed by atoms with Crippen molar-refractivity contribution >= 4 is 17.5 Å².